The summed E-state index contributed by atoms with van der Waals surface area (Å²) in [5.41, 5.74) is -0.755. The smallest absolute Gasteiger partial charge is 0.319 e. The molecule has 0 bridgehead atoms. The number of Topliss-reactive ketones (excluding diaryl/α,β-unsaturated/α-hetero) is 1. The molecule has 98 valence electrons. The Kier molecular flexibility index (Phi) is 4.48. The predicted octanol–water partition coefficient (Wildman–Crippen LogP) is 2.47. The second-order valence-electron chi connectivity index (χ2n) is 4.41. The number of benzene rings is 1. The van der Waals surface area contributed by atoms with Gasteiger partial charge in [0, 0.05) is 5.56 Å². The Morgan fingerprint density at radius 2 is 1.94 bits per heavy atom. The highest BCUT2D eigenvalue weighted by Gasteiger charge is 2.38. The van der Waals surface area contributed by atoms with Gasteiger partial charge in [-0.15, -0.1) is 0 Å². The lowest BCUT2D eigenvalue weighted by Gasteiger charge is -2.20. The van der Waals surface area contributed by atoms with Gasteiger partial charge in [-0.05, 0) is 32.9 Å². The molecule has 4 heteroatoms. The lowest BCUT2D eigenvalue weighted by Crippen LogP contribution is -2.35. The van der Waals surface area contributed by atoms with E-state index in [1.807, 2.05) is 0 Å². The van der Waals surface area contributed by atoms with Gasteiger partial charge in [0.1, 0.15) is 11.2 Å². The van der Waals surface area contributed by atoms with E-state index >= 15 is 0 Å². The average molecular weight is 250 g/mol. The maximum Gasteiger partial charge on any atom is 0.319 e. The molecule has 0 radical (unpaired) electrons. The molecule has 1 rings (SSSR count). The highest BCUT2D eigenvalue weighted by molar-refractivity contribution is 6.11. The molecular formula is C14H18O4. The molecule has 0 aliphatic heterocycles. The summed E-state index contributed by atoms with van der Waals surface area (Å²) in [7, 11) is 1.53. The zero-order chi connectivity index (χ0) is 13.8. The molecule has 0 unspecified atom stereocenters. The van der Waals surface area contributed by atoms with Gasteiger partial charge in [-0.2, -0.15) is 0 Å². The number of ketones is 1. The Morgan fingerprint density at radius 1 is 1.28 bits per heavy atom. The van der Waals surface area contributed by atoms with Crippen molar-refractivity contribution in [3.63, 3.8) is 0 Å². The quantitative estimate of drug-likeness (QED) is 0.457. The first-order valence-electron chi connectivity index (χ1n) is 5.79. The van der Waals surface area contributed by atoms with Crippen molar-refractivity contribution in [2.24, 2.45) is 5.41 Å². The Bertz CT molecular complexity index is 449. The number of carbonyl (C=O) groups excluding carboxylic acids is 2. The van der Waals surface area contributed by atoms with E-state index in [-0.39, 0.29) is 12.4 Å². The van der Waals surface area contributed by atoms with Crippen LogP contribution >= 0.6 is 0 Å². The molecule has 0 spiro atoms. The van der Waals surface area contributed by atoms with E-state index in [1.54, 1.807) is 45.0 Å². The highest BCUT2D eigenvalue weighted by Crippen LogP contribution is 2.25. The summed E-state index contributed by atoms with van der Waals surface area (Å²) in [6, 6.07) is 6.73. The minimum Gasteiger partial charge on any atom is -0.497 e. The van der Waals surface area contributed by atoms with Crippen molar-refractivity contribution in [1.29, 1.82) is 0 Å². The van der Waals surface area contributed by atoms with E-state index < -0.39 is 11.4 Å². The van der Waals surface area contributed by atoms with Gasteiger partial charge >= 0.3 is 5.97 Å². The Balaban J connectivity index is 3.01. The number of ether oxygens (including phenoxy) is 2. The van der Waals surface area contributed by atoms with E-state index in [0.717, 1.165) is 0 Å². The molecule has 0 aromatic heterocycles. The van der Waals surface area contributed by atoms with Crippen molar-refractivity contribution in [3.05, 3.63) is 29.8 Å². The number of hydrogen-bond acceptors (Lipinski definition) is 4. The van der Waals surface area contributed by atoms with Gasteiger partial charge in [0.25, 0.3) is 0 Å². The minimum atomic E-state index is -1.19. The zero-order valence-electron chi connectivity index (χ0n) is 11.1. The largest absolute Gasteiger partial charge is 0.497 e. The maximum atomic E-state index is 12.3. The van der Waals surface area contributed by atoms with Crippen LogP contribution in [0.3, 0.4) is 0 Å². The van der Waals surface area contributed by atoms with Crippen LogP contribution in [0.15, 0.2) is 24.3 Å². The Hall–Kier alpha value is -1.84. The summed E-state index contributed by atoms with van der Waals surface area (Å²) >= 11 is 0. The highest BCUT2D eigenvalue weighted by atomic mass is 16.5. The Labute approximate surface area is 107 Å². The van der Waals surface area contributed by atoms with Crippen molar-refractivity contribution in [2.45, 2.75) is 20.8 Å². The molecule has 0 fully saturated rings. The van der Waals surface area contributed by atoms with Crippen molar-refractivity contribution in [3.8, 4) is 5.75 Å². The SMILES string of the molecule is CCOC(=O)C(C)(C)C(=O)c1cccc(OC)c1. The first-order chi connectivity index (χ1) is 8.43. The molecule has 0 heterocycles. The molecule has 4 nitrogen and oxygen atoms in total. The van der Waals surface area contributed by atoms with Crippen LogP contribution in [0.2, 0.25) is 0 Å². The molecule has 0 amide bonds. The van der Waals surface area contributed by atoms with Gasteiger partial charge in [-0.3, -0.25) is 9.59 Å². The second-order valence-corrected chi connectivity index (χ2v) is 4.41. The molecule has 0 saturated heterocycles. The van der Waals surface area contributed by atoms with Crippen molar-refractivity contribution < 1.29 is 19.1 Å². The van der Waals surface area contributed by atoms with Gasteiger partial charge in [0.15, 0.2) is 5.78 Å². The zero-order valence-corrected chi connectivity index (χ0v) is 11.1. The van der Waals surface area contributed by atoms with Crippen LogP contribution in [0.1, 0.15) is 31.1 Å². The summed E-state index contributed by atoms with van der Waals surface area (Å²) in [4.78, 5) is 24.1. The number of methoxy groups -OCH3 is 1. The maximum absolute atomic E-state index is 12.3. The summed E-state index contributed by atoms with van der Waals surface area (Å²) in [5, 5.41) is 0. The fraction of sp³-hybridized carbons (Fsp3) is 0.429. The van der Waals surface area contributed by atoms with E-state index in [4.69, 9.17) is 9.47 Å². The van der Waals surface area contributed by atoms with Crippen LogP contribution in [-0.2, 0) is 9.53 Å². The van der Waals surface area contributed by atoms with Gasteiger partial charge in [-0.25, -0.2) is 0 Å². The van der Waals surface area contributed by atoms with Crippen LogP contribution in [0.5, 0.6) is 5.75 Å². The lowest BCUT2D eigenvalue weighted by atomic mass is 9.84. The summed E-state index contributed by atoms with van der Waals surface area (Å²) < 4.78 is 9.97. The Morgan fingerprint density at radius 3 is 2.50 bits per heavy atom. The standard InChI is InChI=1S/C14H18O4/c1-5-18-13(16)14(2,3)12(15)10-7-6-8-11(9-10)17-4/h6-9H,5H2,1-4H3. The molecule has 0 aliphatic rings. The molecular weight excluding hydrogens is 232 g/mol. The van der Waals surface area contributed by atoms with E-state index in [1.165, 1.54) is 7.11 Å². The third-order valence-electron chi connectivity index (χ3n) is 2.69. The second kappa shape index (κ2) is 5.67. The van der Waals surface area contributed by atoms with Crippen LogP contribution in [0, 0.1) is 5.41 Å². The molecule has 18 heavy (non-hydrogen) atoms. The first-order valence-corrected chi connectivity index (χ1v) is 5.79. The fourth-order valence-corrected chi connectivity index (χ4v) is 1.53. The number of esters is 1. The molecule has 0 aliphatic carbocycles. The van der Waals surface area contributed by atoms with Gasteiger partial charge in [-0.1, -0.05) is 12.1 Å². The fourth-order valence-electron chi connectivity index (χ4n) is 1.53. The summed E-state index contributed by atoms with van der Waals surface area (Å²) in [5.74, 6) is -0.210. The number of hydrogen-bond donors (Lipinski definition) is 0. The minimum absolute atomic E-state index is 0.258. The predicted molar refractivity (Wildman–Crippen MR) is 67.7 cm³/mol. The topological polar surface area (TPSA) is 52.6 Å². The van der Waals surface area contributed by atoms with Crippen LogP contribution in [-0.4, -0.2) is 25.5 Å². The third kappa shape index (κ3) is 2.88. The summed E-state index contributed by atoms with van der Waals surface area (Å²) in [6.07, 6.45) is 0. The normalized spacial score (nSPS) is 10.9. The molecule has 0 saturated carbocycles. The number of rotatable bonds is 5. The van der Waals surface area contributed by atoms with Gasteiger partial charge < -0.3 is 9.47 Å². The molecule has 0 N–H and O–H groups in total. The van der Waals surface area contributed by atoms with Crippen molar-refractivity contribution in [1.82, 2.24) is 0 Å². The lowest BCUT2D eigenvalue weighted by molar-refractivity contribution is -0.150. The van der Waals surface area contributed by atoms with Crippen LogP contribution < -0.4 is 4.74 Å². The molecule has 1 aromatic rings. The van der Waals surface area contributed by atoms with Gasteiger partial charge in [0.05, 0.1) is 13.7 Å². The van der Waals surface area contributed by atoms with E-state index in [9.17, 15) is 9.59 Å². The molecule has 1 aromatic carbocycles. The average Bonchev–Trinajstić information content (AvgIpc) is 2.38. The monoisotopic (exact) mass is 250 g/mol. The summed E-state index contributed by atoms with van der Waals surface area (Å²) in [6.45, 7) is 5.09. The van der Waals surface area contributed by atoms with Gasteiger partial charge in [0.2, 0.25) is 0 Å². The van der Waals surface area contributed by atoms with E-state index in [0.29, 0.717) is 11.3 Å². The van der Waals surface area contributed by atoms with Crippen LogP contribution in [0.25, 0.3) is 0 Å². The van der Waals surface area contributed by atoms with Crippen molar-refractivity contribution in [2.75, 3.05) is 13.7 Å². The first kappa shape index (κ1) is 14.2. The third-order valence-corrected chi connectivity index (χ3v) is 2.69. The van der Waals surface area contributed by atoms with E-state index in [2.05, 4.69) is 0 Å². The number of carbonyl (C=O) groups is 2. The van der Waals surface area contributed by atoms with Crippen molar-refractivity contribution >= 4 is 11.8 Å². The van der Waals surface area contributed by atoms with Crippen LogP contribution in [0.4, 0.5) is 0 Å². The molecule has 0 atom stereocenters.